The number of anilines is 1. The molecule has 0 saturated carbocycles. The second-order valence-electron chi connectivity index (χ2n) is 6.63. The monoisotopic (exact) mass is 474 g/mol. The van der Waals surface area contributed by atoms with Crippen LogP contribution in [0.4, 0.5) is 5.69 Å². The van der Waals surface area contributed by atoms with Crippen molar-refractivity contribution in [2.45, 2.75) is 39.5 Å². The molecule has 6 heteroatoms. The van der Waals surface area contributed by atoms with Crippen molar-refractivity contribution < 1.29 is 4.74 Å². The van der Waals surface area contributed by atoms with Crippen LogP contribution < -0.4 is 20.3 Å². The highest BCUT2D eigenvalue weighted by molar-refractivity contribution is 14.0. The highest BCUT2D eigenvalue weighted by Gasteiger charge is 2.24. The van der Waals surface area contributed by atoms with E-state index in [4.69, 9.17) is 9.73 Å². The maximum absolute atomic E-state index is 5.50. The average Bonchev–Trinajstić information content (AvgIpc) is 3.12. The summed E-state index contributed by atoms with van der Waals surface area (Å²) >= 11 is 0. The molecule has 1 aliphatic rings. The van der Waals surface area contributed by atoms with Crippen molar-refractivity contribution in [2.24, 2.45) is 10.9 Å². The predicted molar refractivity (Wildman–Crippen MR) is 122 cm³/mol. The van der Waals surface area contributed by atoms with Gasteiger partial charge in [0, 0.05) is 32.7 Å². The highest BCUT2D eigenvalue weighted by atomic mass is 127. The smallest absolute Gasteiger partial charge is 0.191 e. The molecule has 1 heterocycles. The number of aliphatic imine (C=N–C) groups is 1. The van der Waals surface area contributed by atoms with E-state index >= 15 is 0 Å². The van der Waals surface area contributed by atoms with E-state index in [-0.39, 0.29) is 24.0 Å². The van der Waals surface area contributed by atoms with Gasteiger partial charge in [-0.2, -0.15) is 0 Å². The van der Waals surface area contributed by atoms with E-state index in [2.05, 4.69) is 41.5 Å². The van der Waals surface area contributed by atoms with Gasteiger partial charge >= 0.3 is 0 Å². The maximum Gasteiger partial charge on any atom is 0.191 e. The number of para-hydroxylation sites is 2. The minimum Gasteiger partial charge on any atom is -0.495 e. The zero-order chi connectivity index (χ0) is 17.9. The quantitative estimate of drug-likeness (QED) is 0.247. The van der Waals surface area contributed by atoms with Gasteiger partial charge in [-0.1, -0.05) is 31.9 Å². The van der Waals surface area contributed by atoms with E-state index in [1.54, 1.807) is 7.11 Å². The average molecular weight is 474 g/mol. The Bertz CT molecular complexity index is 538. The fourth-order valence-corrected chi connectivity index (χ4v) is 3.24. The fraction of sp³-hybridized carbons (Fsp3) is 0.650. The van der Waals surface area contributed by atoms with E-state index in [1.165, 1.54) is 31.4 Å². The van der Waals surface area contributed by atoms with E-state index in [0.717, 1.165) is 44.4 Å². The van der Waals surface area contributed by atoms with Gasteiger partial charge in [-0.25, -0.2) is 0 Å². The van der Waals surface area contributed by atoms with E-state index < -0.39 is 0 Å². The molecule has 0 aliphatic carbocycles. The lowest BCUT2D eigenvalue weighted by molar-refractivity contribution is 0.414. The normalized spacial score (nSPS) is 17.0. The second kappa shape index (κ2) is 13.1. The molecule has 0 aromatic heterocycles. The molecule has 1 saturated heterocycles. The molecule has 1 aromatic rings. The largest absolute Gasteiger partial charge is 0.495 e. The van der Waals surface area contributed by atoms with E-state index in [0.29, 0.717) is 5.92 Å². The number of guanidine groups is 1. The van der Waals surface area contributed by atoms with Crippen LogP contribution in [-0.4, -0.2) is 45.8 Å². The lowest BCUT2D eigenvalue weighted by Crippen LogP contribution is -2.38. The lowest BCUT2D eigenvalue weighted by atomic mass is 10.1. The number of hydrogen-bond acceptors (Lipinski definition) is 3. The van der Waals surface area contributed by atoms with Gasteiger partial charge in [-0.3, -0.25) is 4.99 Å². The van der Waals surface area contributed by atoms with Gasteiger partial charge in [0.15, 0.2) is 5.96 Å². The summed E-state index contributed by atoms with van der Waals surface area (Å²) in [7, 11) is 1.74. The van der Waals surface area contributed by atoms with Gasteiger partial charge in [0.05, 0.1) is 12.8 Å². The molecule has 0 radical (unpaired) electrons. The van der Waals surface area contributed by atoms with Crippen molar-refractivity contribution >= 4 is 35.6 Å². The first-order valence-corrected chi connectivity index (χ1v) is 9.68. The van der Waals surface area contributed by atoms with Gasteiger partial charge in [0.2, 0.25) is 0 Å². The van der Waals surface area contributed by atoms with Crippen LogP contribution in [0.25, 0.3) is 0 Å². The topological polar surface area (TPSA) is 48.9 Å². The van der Waals surface area contributed by atoms with E-state index in [9.17, 15) is 0 Å². The summed E-state index contributed by atoms with van der Waals surface area (Å²) in [6, 6.07) is 8.27. The van der Waals surface area contributed by atoms with Crippen molar-refractivity contribution in [3.8, 4) is 5.75 Å². The third kappa shape index (κ3) is 7.21. The van der Waals surface area contributed by atoms with Gasteiger partial charge in [0.1, 0.15) is 5.75 Å². The van der Waals surface area contributed by atoms with Crippen LogP contribution in [0.5, 0.6) is 5.75 Å². The van der Waals surface area contributed by atoms with Crippen LogP contribution >= 0.6 is 24.0 Å². The molecule has 1 aromatic carbocycles. The molecule has 0 spiro atoms. The Labute approximate surface area is 176 Å². The molecule has 2 N–H and O–H groups in total. The third-order valence-electron chi connectivity index (χ3n) is 4.64. The molecular weight excluding hydrogens is 439 g/mol. The molecule has 1 aliphatic heterocycles. The van der Waals surface area contributed by atoms with Gasteiger partial charge in [0.25, 0.3) is 0 Å². The summed E-state index contributed by atoms with van der Waals surface area (Å²) in [5.74, 6) is 2.50. The van der Waals surface area contributed by atoms with Crippen molar-refractivity contribution in [1.82, 2.24) is 10.6 Å². The molecule has 0 amide bonds. The molecule has 26 heavy (non-hydrogen) atoms. The van der Waals surface area contributed by atoms with Gasteiger partial charge < -0.3 is 20.3 Å². The number of unbranched alkanes of at least 4 members (excludes halogenated alkanes) is 2. The Morgan fingerprint density at radius 1 is 1.23 bits per heavy atom. The van der Waals surface area contributed by atoms with Crippen LogP contribution in [0.2, 0.25) is 0 Å². The number of nitrogens with zero attached hydrogens (tertiary/aromatic N) is 2. The number of ether oxygens (including phenoxy) is 1. The van der Waals surface area contributed by atoms with Gasteiger partial charge in [-0.05, 0) is 37.8 Å². The highest BCUT2D eigenvalue weighted by Crippen LogP contribution is 2.31. The Morgan fingerprint density at radius 3 is 2.77 bits per heavy atom. The SMILES string of the molecule is CCCCCNC(=NCC1CCN(c2ccccc2OC)C1)NCC.I. The number of halogens is 1. The minimum atomic E-state index is 0. The Hall–Kier alpha value is -1.18. The number of rotatable bonds is 9. The first kappa shape index (κ1) is 22.9. The number of nitrogens with one attached hydrogen (secondary N) is 2. The Kier molecular flexibility index (Phi) is 11.5. The predicted octanol–water partition coefficient (Wildman–Crippen LogP) is 3.88. The molecular formula is C20H35IN4O. The summed E-state index contributed by atoms with van der Waals surface area (Å²) in [4.78, 5) is 7.22. The summed E-state index contributed by atoms with van der Waals surface area (Å²) in [6.07, 6.45) is 4.89. The maximum atomic E-state index is 5.50. The summed E-state index contributed by atoms with van der Waals surface area (Å²) in [5, 5.41) is 6.80. The summed E-state index contributed by atoms with van der Waals surface area (Å²) in [6.45, 7) is 9.22. The van der Waals surface area contributed by atoms with Crippen molar-refractivity contribution in [3.63, 3.8) is 0 Å². The first-order valence-electron chi connectivity index (χ1n) is 9.68. The second-order valence-corrected chi connectivity index (χ2v) is 6.63. The van der Waals surface area contributed by atoms with Crippen molar-refractivity contribution in [1.29, 1.82) is 0 Å². The minimum absolute atomic E-state index is 0. The lowest BCUT2D eigenvalue weighted by Gasteiger charge is -2.21. The first-order chi connectivity index (χ1) is 12.3. The standard InChI is InChI=1S/C20H34N4O.HI/c1-4-6-9-13-22-20(21-5-2)23-15-17-12-14-24(16-17)18-10-7-8-11-19(18)25-3;/h7-8,10-11,17H,4-6,9,12-16H2,1-3H3,(H2,21,22,23);1H. The van der Waals surface area contributed by atoms with Crippen LogP contribution in [0, 0.1) is 5.92 Å². The van der Waals surface area contributed by atoms with Crippen LogP contribution in [0.1, 0.15) is 39.5 Å². The van der Waals surface area contributed by atoms with Crippen molar-refractivity contribution in [2.75, 3.05) is 44.7 Å². The number of methoxy groups -OCH3 is 1. The van der Waals surface area contributed by atoms with Crippen LogP contribution in [0.3, 0.4) is 0 Å². The fourth-order valence-electron chi connectivity index (χ4n) is 3.24. The number of hydrogen-bond donors (Lipinski definition) is 2. The molecule has 1 fully saturated rings. The van der Waals surface area contributed by atoms with Gasteiger partial charge in [-0.15, -0.1) is 24.0 Å². The molecule has 1 atom stereocenters. The Balaban J connectivity index is 0.00000338. The molecule has 2 rings (SSSR count). The van der Waals surface area contributed by atoms with Crippen LogP contribution in [-0.2, 0) is 0 Å². The van der Waals surface area contributed by atoms with Crippen LogP contribution in [0.15, 0.2) is 29.3 Å². The summed E-state index contributed by atoms with van der Waals surface area (Å²) in [5.41, 5.74) is 1.20. The van der Waals surface area contributed by atoms with E-state index in [1.807, 2.05) is 12.1 Å². The molecule has 5 nitrogen and oxygen atoms in total. The Morgan fingerprint density at radius 2 is 2.04 bits per heavy atom. The zero-order valence-electron chi connectivity index (χ0n) is 16.5. The molecule has 148 valence electrons. The van der Waals surface area contributed by atoms with Crippen molar-refractivity contribution in [3.05, 3.63) is 24.3 Å². The zero-order valence-corrected chi connectivity index (χ0v) is 18.8. The summed E-state index contributed by atoms with van der Waals surface area (Å²) < 4.78 is 5.50. The third-order valence-corrected chi connectivity index (χ3v) is 4.64. The molecule has 0 bridgehead atoms. The number of benzene rings is 1. The molecule has 1 unspecified atom stereocenters.